The number of anilines is 1. The van der Waals surface area contributed by atoms with Crippen molar-refractivity contribution in [2.24, 2.45) is 0 Å². The number of rotatable bonds is 4. The van der Waals surface area contributed by atoms with Crippen molar-refractivity contribution in [3.05, 3.63) is 71.5 Å². The Morgan fingerprint density at radius 2 is 2.12 bits per heavy atom. The standard InChI is InChI=1S/C25H22N4O4/c30-22-9-7-19-21(10-11-26-24(19)27-22)32-18-6-8-20-16(13-18)12-17(14-31-20)25-28-23(29-33-25)15-4-2-1-3-5-15/h1-2,4,6,8,10-11,13,17H,3,5,7,9,12,14H2,(H,26,27,30). The van der Waals surface area contributed by atoms with Crippen LogP contribution in [0.4, 0.5) is 5.82 Å². The molecule has 1 amide bonds. The van der Waals surface area contributed by atoms with Crippen molar-refractivity contribution in [3.63, 3.8) is 0 Å². The van der Waals surface area contributed by atoms with Crippen LogP contribution in [0.2, 0.25) is 0 Å². The molecule has 1 aliphatic carbocycles. The number of amides is 1. The molecule has 6 rings (SSSR count). The lowest BCUT2D eigenvalue weighted by atomic mass is 9.96. The van der Waals surface area contributed by atoms with Crippen molar-refractivity contribution < 1.29 is 18.8 Å². The number of benzene rings is 1. The zero-order valence-corrected chi connectivity index (χ0v) is 17.9. The summed E-state index contributed by atoms with van der Waals surface area (Å²) in [7, 11) is 0. The highest BCUT2D eigenvalue weighted by Crippen LogP contribution is 2.37. The molecule has 33 heavy (non-hydrogen) atoms. The van der Waals surface area contributed by atoms with E-state index in [1.165, 1.54) is 0 Å². The molecule has 8 nitrogen and oxygen atoms in total. The van der Waals surface area contributed by atoms with Gasteiger partial charge in [-0.3, -0.25) is 4.79 Å². The van der Waals surface area contributed by atoms with Crippen molar-refractivity contribution in [3.8, 4) is 17.2 Å². The van der Waals surface area contributed by atoms with Gasteiger partial charge < -0.3 is 19.3 Å². The molecule has 166 valence electrons. The lowest BCUT2D eigenvalue weighted by Gasteiger charge is -2.24. The highest BCUT2D eigenvalue weighted by atomic mass is 16.5. The first-order valence-corrected chi connectivity index (χ1v) is 11.1. The largest absolute Gasteiger partial charge is 0.492 e. The molecule has 1 aromatic carbocycles. The smallest absolute Gasteiger partial charge is 0.233 e. The predicted octanol–water partition coefficient (Wildman–Crippen LogP) is 4.59. The number of hydrogen-bond donors (Lipinski definition) is 1. The molecule has 2 aliphatic heterocycles. The molecule has 0 saturated heterocycles. The lowest BCUT2D eigenvalue weighted by molar-refractivity contribution is -0.116. The first kappa shape index (κ1) is 19.7. The Hall–Kier alpha value is -3.94. The van der Waals surface area contributed by atoms with Crippen molar-refractivity contribution in [2.45, 2.75) is 38.0 Å². The molecule has 0 saturated carbocycles. The molecular formula is C25H22N4O4. The first-order valence-electron chi connectivity index (χ1n) is 11.1. The number of fused-ring (bicyclic) bond motifs is 2. The van der Waals surface area contributed by atoms with Crippen molar-refractivity contribution >= 4 is 17.3 Å². The Morgan fingerprint density at radius 1 is 1.15 bits per heavy atom. The number of nitrogens with zero attached hydrogens (tertiary/aromatic N) is 3. The van der Waals surface area contributed by atoms with Crippen LogP contribution in [0.15, 0.2) is 53.2 Å². The van der Waals surface area contributed by atoms with E-state index >= 15 is 0 Å². The highest BCUT2D eigenvalue weighted by molar-refractivity contribution is 5.93. The van der Waals surface area contributed by atoms with E-state index in [0.29, 0.717) is 48.5 Å². The summed E-state index contributed by atoms with van der Waals surface area (Å²) in [6.45, 7) is 0.491. The summed E-state index contributed by atoms with van der Waals surface area (Å²) in [5, 5.41) is 6.99. The van der Waals surface area contributed by atoms with Crippen LogP contribution < -0.4 is 14.8 Å². The number of carbonyl (C=O) groups excluding carboxylic acids is 1. The van der Waals surface area contributed by atoms with E-state index in [1.807, 2.05) is 36.4 Å². The summed E-state index contributed by atoms with van der Waals surface area (Å²) in [4.78, 5) is 20.6. The summed E-state index contributed by atoms with van der Waals surface area (Å²) in [6, 6.07) is 7.63. The van der Waals surface area contributed by atoms with Gasteiger partial charge in [0.25, 0.3) is 0 Å². The van der Waals surface area contributed by atoms with Crippen LogP contribution >= 0.6 is 0 Å². The average Bonchev–Trinajstić information content (AvgIpc) is 3.35. The minimum Gasteiger partial charge on any atom is -0.492 e. The third-order valence-electron chi connectivity index (χ3n) is 6.13. The van der Waals surface area contributed by atoms with Crippen molar-refractivity contribution in [1.29, 1.82) is 0 Å². The maximum atomic E-state index is 11.7. The molecule has 0 radical (unpaired) electrons. The fourth-order valence-electron chi connectivity index (χ4n) is 4.39. The van der Waals surface area contributed by atoms with E-state index in [-0.39, 0.29) is 11.8 Å². The lowest BCUT2D eigenvalue weighted by Crippen LogP contribution is -2.20. The predicted molar refractivity (Wildman–Crippen MR) is 120 cm³/mol. The maximum Gasteiger partial charge on any atom is 0.233 e. The minimum atomic E-state index is -0.0236. The monoisotopic (exact) mass is 442 g/mol. The molecule has 3 aromatic rings. The summed E-state index contributed by atoms with van der Waals surface area (Å²) >= 11 is 0. The fourth-order valence-corrected chi connectivity index (χ4v) is 4.39. The minimum absolute atomic E-state index is 0.0161. The third-order valence-corrected chi connectivity index (χ3v) is 6.13. The van der Waals surface area contributed by atoms with E-state index in [1.54, 1.807) is 6.20 Å². The molecule has 3 aliphatic rings. The Labute approximate surface area is 190 Å². The normalized spacial score (nSPS) is 19.1. The van der Waals surface area contributed by atoms with E-state index in [0.717, 1.165) is 41.7 Å². The molecule has 1 atom stereocenters. The van der Waals surface area contributed by atoms with Crippen molar-refractivity contribution in [1.82, 2.24) is 15.1 Å². The van der Waals surface area contributed by atoms with Gasteiger partial charge in [-0.25, -0.2) is 4.98 Å². The second-order valence-corrected chi connectivity index (χ2v) is 8.38. The zero-order valence-electron chi connectivity index (χ0n) is 17.9. The third kappa shape index (κ3) is 3.88. The Balaban J connectivity index is 1.22. The van der Waals surface area contributed by atoms with Gasteiger partial charge in [0, 0.05) is 23.8 Å². The molecule has 0 bridgehead atoms. The SMILES string of the molecule is O=C1CCc2c(Oc3ccc4c(c3)CC(c3nc(C5=CC=CCC5)no3)CO4)ccnc2N1. The van der Waals surface area contributed by atoms with Gasteiger partial charge in [0.1, 0.15) is 29.7 Å². The highest BCUT2D eigenvalue weighted by Gasteiger charge is 2.28. The zero-order chi connectivity index (χ0) is 22.2. The molecule has 4 heterocycles. The van der Waals surface area contributed by atoms with Gasteiger partial charge in [0.2, 0.25) is 11.8 Å². The van der Waals surface area contributed by atoms with Crippen LogP contribution in [-0.2, 0) is 17.6 Å². The topological polar surface area (TPSA) is 99.4 Å². The molecule has 2 aromatic heterocycles. The second kappa shape index (κ2) is 8.20. The van der Waals surface area contributed by atoms with Gasteiger partial charge in [-0.1, -0.05) is 23.4 Å². The van der Waals surface area contributed by atoms with Crippen molar-refractivity contribution in [2.75, 3.05) is 11.9 Å². The molecule has 1 unspecified atom stereocenters. The molecule has 1 N–H and O–H groups in total. The molecule has 0 spiro atoms. The number of hydrogen-bond acceptors (Lipinski definition) is 7. The summed E-state index contributed by atoms with van der Waals surface area (Å²) in [6.07, 6.45) is 11.5. The number of pyridine rings is 1. The molecule has 8 heteroatoms. The fraction of sp³-hybridized carbons (Fsp3) is 0.280. The van der Waals surface area contributed by atoms with Gasteiger partial charge in [0.05, 0.1) is 5.92 Å². The number of carbonyl (C=O) groups is 1. The van der Waals surface area contributed by atoms with Gasteiger partial charge in [-0.15, -0.1) is 0 Å². The summed E-state index contributed by atoms with van der Waals surface area (Å²) < 4.78 is 17.8. The van der Waals surface area contributed by atoms with Gasteiger partial charge in [-0.2, -0.15) is 4.98 Å². The quantitative estimate of drug-likeness (QED) is 0.631. The number of allylic oxidation sites excluding steroid dienone is 4. The van der Waals surface area contributed by atoms with Crippen LogP contribution in [-0.4, -0.2) is 27.6 Å². The maximum absolute atomic E-state index is 11.7. The van der Waals surface area contributed by atoms with Crippen LogP contribution in [0, 0.1) is 0 Å². The van der Waals surface area contributed by atoms with Gasteiger partial charge >= 0.3 is 0 Å². The van der Waals surface area contributed by atoms with E-state index in [9.17, 15) is 4.79 Å². The van der Waals surface area contributed by atoms with E-state index in [4.69, 9.17) is 14.0 Å². The van der Waals surface area contributed by atoms with Crippen LogP contribution in [0.25, 0.3) is 5.57 Å². The van der Waals surface area contributed by atoms with Crippen LogP contribution in [0.5, 0.6) is 17.2 Å². The van der Waals surface area contributed by atoms with Crippen LogP contribution in [0.3, 0.4) is 0 Å². The molecule has 0 fully saturated rings. The van der Waals surface area contributed by atoms with E-state index in [2.05, 4.69) is 26.5 Å². The Kier molecular flexibility index (Phi) is 4.90. The average molecular weight is 442 g/mol. The van der Waals surface area contributed by atoms with Gasteiger partial charge in [-0.05, 0) is 55.5 Å². The number of aromatic nitrogens is 3. The van der Waals surface area contributed by atoms with E-state index < -0.39 is 0 Å². The van der Waals surface area contributed by atoms with Gasteiger partial charge in [0.15, 0.2) is 5.82 Å². The summed E-state index contributed by atoms with van der Waals surface area (Å²) in [5.74, 6) is 4.02. The van der Waals surface area contributed by atoms with Crippen LogP contribution in [0.1, 0.15) is 48.0 Å². The Bertz CT molecular complexity index is 1290. The number of ether oxygens (including phenoxy) is 2. The second-order valence-electron chi connectivity index (χ2n) is 8.38. The first-order chi connectivity index (χ1) is 16.2. The number of nitrogens with one attached hydrogen (secondary N) is 1. The summed E-state index contributed by atoms with van der Waals surface area (Å²) in [5.41, 5.74) is 3.03. The Morgan fingerprint density at radius 3 is 3.03 bits per heavy atom. The molecular weight excluding hydrogens is 420 g/mol.